The molecule has 1 aromatic rings. The average molecular weight is 292 g/mol. The molecule has 0 aliphatic rings. The first-order chi connectivity index (χ1) is 9.12. The summed E-state index contributed by atoms with van der Waals surface area (Å²) in [4.78, 5) is 12.0. The van der Waals surface area contributed by atoms with Crippen LogP contribution in [0.4, 0.5) is 0 Å². The van der Waals surface area contributed by atoms with Crippen molar-refractivity contribution >= 4 is 14.1 Å². The Balaban J connectivity index is 2.39. The van der Waals surface area contributed by atoms with Crippen LogP contribution in [-0.4, -0.2) is 20.7 Å². The minimum Gasteiger partial charge on any atom is -0.410 e. The van der Waals surface area contributed by atoms with E-state index in [0.29, 0.717) is 6.42 Å². The van der Waals surface area contributed by atoms with E-state index in [4.69, 9.17) is 4.43 Å². The first-order valence-corrected chi connectivity index (χ1v) is 10.2. The quantitative estimate of drug-likeness (QED) is 0.721. The Bertz CT molecular complexity index is 441. The number of hydrogen-bond acceptors (Lipinski definition) is 2. The van der Waals surface area contributed by atoms with Gasteiger partial charge in [0.15, 0.2) is 14.1 Å². The third-order valence-electron chi connectivity index (χ3n) is 4.21. The second-order valence-electron chi connectivity index (χ2n) is 7.07. The molecule has 0 aliphatic carbocycles. The normalized spacial score (nSPS) is 12.5. The van der Waals surface area contributed by atoms with Crippen LogP contribution in [0.2, 0.25) is 18.1 Å². The van der Waals surface area contributed by atoms with Crippen LogP contribution in [0.1, 0.15) is 38.3 Å². The van der Waals surface area contributed by atoms with E-state index in [1.165, 1.54) is 11.1 Å². The predicted molar refractivity (Wildman–Crippen MR) is 87.7 cm³/mol. The van der Waals surface area contributed by atoms with Crippen molar-refractivity contribution in [2.75, 3.05) is 6.61 Å². The topological polar surface area (TPSA) is 26.3 Å². The summed E-state index contributed by atoms with van der Waals surface area (Å²) >= 11 is 0. The summed E-state index contributed by atoms with van der Waals surface area (Å²) < 4.78 is 5.95. The molecule has 1 rings (SSSR count). The van der Waals surface area contributed by atoms with Crippen LogP contribution in [0.5, 0.6) is 0 Å². The van der Waals surface area contributed by atoms with E-state index in [2.05, 4.69) is 65.1 Å². The van der Waals surface area contributed by atoms with Gasteiger partial charge in [-0.05, 0) is 37.0 Å². The van der Waals surface area contributed by atoms with Crippen molar-refractivity contribution in [3.05, 3.63) is 35.4 Å². The van der Waals surface area contributed by atoms with Crippen molar-refractivity contribution in [3.8, 4) is 0 Å². The Hall–Kier alpha value is -0.933. The number of carbonyl (C=O) groups excluding carboxylic acids is 1. The van der Waals surface area contributed by atoms with Crippen molar-refractivity contribution in [3.63, 3.8) is 0 Å². The van der Waals surface area contributed by atoms with Crippen LogP contribution in [0.25, 0.3) is 0 Å². The van der Waals surface area contributed by atoms with Crippen molar-refractivity contribution in [2.24, 2.45) is 0 Å². The van der Waals surface area contributed by atoms with Crippen LogP contribution in [-0.2, 0) is 15.6 Å². The maximum Gasteiger partial charge on any atom is 0.192 e. The summed E-state index contributed by atoms with van der Waals surface area (Å²) in [6.45, 7) is 13.3. The highest BCUT2D eigenvalue weighted by Gasteiger charge is 2.37. The van der Waals surface area contributed by atoms with Gasteiger partial charge in [-0.15, -0.1) is 0 Å². The molecule has 3 heteroatoms. The largest absolute Gasteiger partial charge is 0.410 e. The van der Waals surface area contributed by atoms with Crippen molar-refractivity contribution in [1.82, 2.24) is 0 Å². The van der Waals surface area contributed by atoms with Gasteiger partial charge in [-0.3, -0.25) is 4.79 Å². The molecule has 0 unspecified atom stereocenters. The van der Waals surface area contributed by atoms with Gasteiger partial charge in [-0.2, -0.15) is 0 Å². The number of carbonyl (C=O) groups is 1. The van der Waals surface area contributed by atoms with Gasteiger partial charge in [0.1, 0.15) is 0 Å². The fourth-order valence-electron chi connectivity index (χ4n) is 1.59. The number of aryl methyl sites for hydroxylation is 2. The van der Waals surface area contributed by atoms with Crippen LogP contribution < -0.4 is 0 Å². The Labute approximate surface area is 124 Å². The van der Waals surface area contributed by atoms with Crippen LogP contribution >= 0.6 is 0 Å². The molecule has 20 heavy (non-hydrogen) atoms. The van der Waals surface area contributed by atoms with Crippen molar-refractivity contribution in [2.45, 2.75) is 58.7 Å². The van der Waals surface area contributed by atoms with Gasteiger partial charge < -0.3 is 4.43 Å². The highest BCUT2D eigenvalue weighted by molar-refractivity contribution is 6.74. The molecule has 112 valence electrons. The third kappa shape index (κ3) is 5.21. The van der Waals surface area contributed by atoms with Crippen molar-refractivity contribution in [1.29, 1.82) is 0 Å². The first-order valence-electron chi connectivity index (χ1n) is 7.33. The van der Waals surface area contributed by atoms with Gasteiger partial charge in [0.05, 0.1) is 6.61 Å². The van der Waals surface area contributed by atoms with Crippen LogP contribution in [0.3, 0.4) is 0 Å². The lowest BCUT2D eigenvalue weighted by molar-refractivity contribution is -0.121. The molecule has 0 fully saturated rings. The van der Waals surface area contributed by atoms with Gasteiger partial charge in [0.25, 0.3) is 0 Å². The molecule has 0 spiro atoms. The summed E-state index contributed by atoms with van der Waals surface area (Å²) in [5.41, 5.74) is 2.47. The smallest absolute Gasteiger partial charge is 0.192 e. The molecular formula is C17H28O2Si. The molecule has 0 heterocycles. The maximum absolute atomic E-state index is 12.0. The highest BCUT2D eigenvalue weighted by atomic mass is 28.4. The van der Waals surface area contributed by atoms with Crippen molar-refractivity contribution < 1.29 is 9.22 Å². The Morgan fingerprint density at radius 1 is 1.15 bits per heavy atom. The fraction of sp³-hybridized carbons (Fsp3) is 0.588. The van der Waals surface area contributed by atoms with E-state index >= 15 is 0 Å². The van der Waals surface area contributed by atoms with Gasteiger partial charge in [0, 0.05) is 6.42 Å². The lowest BCUT2D eigenvalue weighted by Gasteiger charge is -2.35. The number of rotatable bonds is 6. The number of benzene rings is 1. The van der Waals surface area contributed by atoms with E-state index in [1.54, 1.807) is 0 Å². The summed E-state index contributed by atoms with van der Waals surface area (Å²) in [5, 5.41) is 0.157. The maximum atomic E-state index is 12.0. The molecule has 0 atom stereocenters. The van der Waals surface area contributed by atoms with E-state index in [9.17, 15) is 4.79 Å². The summed E-state index contributed by atoms with van der Waals surface area (Å²) in [6.07, 6.45) is 1.37. The Kier molecular flexibility index (Phi) is 5.72. The lowest BCUT2D eigenvalue weighted by Crippen LogP contribution is -2.42. The van der Waals surface area contributed by atoms with E-state index in [0.717, 1.165) is 6.42 Å². The Morgan fingerprint density at radius 2 is 1.70 bits per heavy atom. The number of Topliss-reactive ketones (excluding diaryl/α,β-unsaturated/α-hetero) is 1. The van der Waals surface area contributed by atoms with E-state index in [-0.39, 0.29) is 17.4 Å². The highest BCUT2D eigenvalue weighted by Crippen LogP contribution is 2.36. The van der Waals surface area contributed by atoms with Gasteiger partial charge in [-0.1, -0.05) is 50.6 Å². The van der Waals surface area contributed by atoms with Crippen LogP contribution in [0, 0.1) is 6.92 Å². The summed E-state index contributed by atoms with van der Waals surface area (Å²) in [7, 11) is -1.80. The average Bonchev–Trinajstić information content (AvgIpc) is 2.34. The minimum absolute atomic E-state index is 0.157. The molecule has 0 aliphatic heterocycles. The first kappa shape index (κ1) is 17.1. The SMILES string of the molecule is Cc1ccc(CCC(=O)CO[Si](C)(C)C(C)(C)C)cc1. The number of ketones is 1. The molecule has 0 radical (unpaired) electrons. The second-order valence-corrected chi connectivity index (χ2v) is 11.9. The van der Waals surface area contributed by atoms with Gasteiger partial charge in [0.2, 0.25) is 0 Å². The van der Waals surface area contributed by atoms with E-state index in [1.807, 2.05) is 0 Å². The molecule has 0 amide bonds. The molecule has 0 aromatic heterocycles. The number of hydrogen-bond donors (Lipinski definition) is 0. The molecular weight excluding hydrogens is 264 g/mol. The monoisotopic (exact) mass is 292 g/mol. The predicted octanol–water partition coefficient (Wildman–Crippen LogP) is 4.52. The molecule has 0 bridgehead atoms. The lowest BCUT2D eigenvalue weighted by atomic mass is 10.1. The summed E-state index contributed by atoms with van der Waals surface area (Å²) in [6, 6.07) is 8.37. The van der Waals surface area contributed by atoms with Crippen LogP contribution in [0.15, 0.2) is 24.3 Å². The molecule has 0 saturated carbocycles. The van der Waals surface area contributed by atoms with Gasteiger partial charge in [-0.25, -0.2) is 0 Å². The minimum atomic E-state index is -1.80. The fourth-order valence-corrected chi connectivity index (χ4v) is 2.54. The molecule has 0 N–H and O–H groups in total. The summed E-state index contributed by atoms with van der Waals surface area (Å²) in [5.74, 6) is 0.204. The zero-order valence-corrected chi connectivity index (χ0v) is 14.7. The van der Waals surface area contributed by atoms with Gasteiger partial charge >= 0.3 is 0 Å². The standard InChI is InChI=1S/C17H28O2Si/c1-14-7-9-15(10-8-14)11-12-16(18)13-19-20(5,6)17(2,3)4/h7-10H,11-13H2,1-6H3. The zero-order valence-electron chi connectivity index (χ0n) is 13.7. The zero-order chi connectivity index (χ0) is 15.4. The molecule has 1 aromatic carbocycles. The second kappa shape index (κ2) is 6.68. The molecule has 0 saturated heterocycles. The van der Waals surface area contributed by atoms with E-state index < -0.39 is 8.32 Å². The Morgan fingerprint density at radius 3 is 2.20 bits per heavy atom. The third-order valence-corrected chi connectivity index (χ3v) is 8.69. The molecule has 2 nitrogen and oxygen atoms in total.